The monoisotopic (exact) mass is 1560 g/mol. The fourth-order valence-corrected chi connectivity index (χ4v) is 15.2. The van der Waals surface area contributed by atoms with Crippen molar-refractivity contribution < 1.29 is 80.2 Å². The number of carbonyl (C=O) groups is 4. The Morgan fingerprint density at radius 1 is 0.262 bits per heavy atom. The number of unbranched alkanes of at least 4 members (excludes halogenated alkanes) is 49. The predicted molar refractivity (Wildman–Crippen MR) is 441 cm³/mol. The predicted octanol–water partition coefficient (Wildman–Crippen LogP) is 26.7. The fourth-order valence-electron chi connectivity index (χ4n) is 13.6. The molecular weight excluding hydrogens is 1390 g/mol. The van der Waals surface area contributed by atoms with Gasteiger partial charge in [-0.25, -0.2) is 9.13 Å². The number of phosphoric ester groups is 2. The summed E-state index contributed by atoms with van der Waals surface area (Å²) in [5.74, 6) is 1.10. The second-order valence-corrected chi connectivity index (χ2v) is 36.0. The molecule has 3 N–H and O–H groups in total. The van der Waals surface area contributed by atoms with Gasteiger partial charge in [0.05, 0.1) is 26.4 Å². The molecule has 0 saturated heterocycles. The summed E-state index contributed by atoms with van der Waals surface area (Å²) >= 11 is 0. The van der Waals surface area contributed by atoms with E-state index in [1.54, 1.807) is 0 Å². The molecule has 0 aromatic carbocycles. The SMILES string of the molecule is CCC(C)CCCCCCCCCCCCCCCCCCCCC(=O)O[C@H](COC(=O)CCCCCCCCCCCCC(C)CC)COP(=O)(O)OCC(O)COP(=O)(O)OC[C@@H](COC(=O)CCCCCCCCCC(C)C)OC(=O)CCCCCCCCCCCCCCCCCCCCC(C)C. The number of carbonyl (C=O) groups excluding carboxylic acids is 4. The van der Waals surface area contributed by atoms with Gasteiger partial charge in [-0.3, -0.25) is 37.3 Å². The van der Waals surface area contributed by atoms with Crippen LogP contribution in [-0.2, 0) is 65.4 Å². The van der Waals surface area contributed by atoms with Crippen LogP contribution in [0.4, 0.5) is 0 Å². The summed E-state index contributed by atoms with van der Waals surface area (Å²) in [7, 11) is -9.93. The lowest BCUT2D eigenvalue weighted by Gasteiger charge is -2.21. The van der Waals surface area contributed by atoms with Crippen LogP contribution in [0.3, 0.4) is 0 Å². The number of hydrogen-bond donors (Lipinski definition) is 3. The molecule has 5 unspecified atom stereocenters. The van der Waals surface area contributed by atoms with Crippen molar-refractivity contribution in [1.29, 1.82) is 0 Å². The summed E-state index contributed by atoms with van der Waals surface area (Å²) < 4.78 is 68.9. The van der Waals surface area contributed by atoms with Gasteiger partial charge in [-0.2, -0.15) is 0 Å². The third kappa shape index (κ3) is 79.1. The van der Waals surface area contributed by atoms with Gasteiger partial charge in [-0.15, -0.1) is 0 Å². The highest BCUT2D eigenvalue weighted by Crippen LogP contribution is 2.45. The van der Waals surface area contributed by atoms with Gasteiger partial charge in [0.15, 0.2) is 12.2 Å². The van der Waals surface area contributed by atoms with E-state index in [1.165, 1.54) is 257 Å². The van der Waals surface area contributed by atoms with Crippen molar-refractivity contribution in [1.82, 2.24) is 0 Å². The minimum atomic E-state index is -4.97. The van der Waals surface area contributed by atoms with E-state index in [0.29, 0.717) is 31.6 Å². The fraction of sp³-hybridized carbons (Fsp3) is 0.955. The Hall–Kier alpha value is -1.94. The Bertz CT molecular complexity index is 2080. The van der Waals surface area contributed by atoms with Crippen molar-refractivity contribution in [2.75, 3.05) is 39.6 Å². The van der Waals surface area contributed by atoms with Crippen LogP contribution in [0.2, 0.25) is 0 Å². The number of aliphatic hydroxyl groups is 1. The maximum atomic E-state index is 13.1. The van der Waals surface area contributed by atoms with Gasteiger partial charge in [0, 0.05) is 25.7 Å². The molecule has 0 heterocycles. The second kappa shape index (κ2) is 76.7. The summed E-state index contributed by atoms with van der Waals surface area (Å²) in [4.78, 5) is 73.2. The highest BCUT2D eigenvalue weighted by atomic mass is 31.2. The summed E-state index contributed by atoms with van der Waals surface area (Å²) in [5.41, 5.74) is 0. The molecule has 636 valence electrons. The molecule has 107 heavy (non-hydrogen) atoms. The van der Waals surface area contributed by atoms with Crippen molar-refractivity contribution in [3.63, 3.8) is 0 Å². The molecule has 19 heteroatoms. The lowest BCUT2D eigenvalue weighted by atomic mass is 9.99. The largest absolute Gasteiger partial charge is 0.472 e. The summed E-state index contributed by atoms with van der Waals surface area (Å²) in [5, 5.41) is 10.7. The third-order valence-corrected chi connectivity index (χ3v) is 23.2. The highest BCUT2D eigenvalue weighted by Gasteiger charge is 2.31. The van der Waals surface area contributed by atoms with Gasteiger partial charge in [0.25, 0.3) is 0 Å². The summed E-state index contributed by atoms with van der Waals surface area (Å²) in [6, 6.07) is 0. The normalized spacial score (nSPS) is 14.4. The number of hydrogen-bond acceptors (Lipinski definition) is 15. The quantitative estimate of drug-likeness (QED) is 0.0222. The first-order valence-electron chi connectivity index (χ1n) is 45.3. The van der Waals surface area contributed by atoms with E-state index < -0.39 is 97.5 Å². The maximum absolute atomic E-state index is 13.1. The summed E-state index contributed by atoms with van der Waals surface area (Å²) in [6.07, 6.45) is 66.7. The van der Waals surface area contributed by atoms with Gasteiger partial charge in [-0.1, -0.05) is 409 Å². The minimum absolute atomic E-state index is 0.107. The lowest BCUT2D eigenvalue weighted by molar-refractivity contribution is -0.161. The number of rotatable bonds is 85. The Balaban J connectivity index is 5.19. The molecule has 0 rings (SSSR count). The zero-order valence-electron chi connectivity index (χ0n) is 70.8. The molecule has 0 radical (unpaired) electrons. The molecule has 0 aliphatic rings. The number of phosphoric acid groups is 2. The standard InChI is InChI=1S/C88H172O17P2/c1-9-80(7)66-58-50-42-34-28-24-20-16-12-14-18-22-26-30-38-46-54-62-70-87(92)104-83(74-98-85(90)68-60-52-44-36-32-31-35-43-51-59-67-81(8)10-2)76-102-106(94,95)100-72-82(89)73-101-107(96,97)103-77-84(75-99-86(91)69-61-53-47-39-41-49-57-65-79(5)6)105-88(93)71-63-55-45-37-29-25-21-17-13-11-15-19-23-27-33-40-48-56-64-78(3)4/h78-84,89H,9-77H2,1-8H3,(H,94,95)(H,96,97)/t80?,81?,82?,83-,84-/m1/s1. The highest BCUT2D eigenvalue weighted by molar-refractivity contribution is 7.47. The van der Waals surface area contributed by atoms with Gasteiger partial charge in [0.2, 0.25) is 0 Å². The molecule has 0 saturated carbocycles. The summed E-state index contributed by atoms with van der Waals surface area (Å²) in [6.45, 7) is 14.4. The third-order valence-electron chi connectivity index (χ3n) is 21.3. The molecule has 0 amide bonds. The molecule has 0 spiro atoms. The van der Waals surface area contributed by atoms with E-state index in [-0.39, 0.29) is 25.7 Å². The van der Waals surface area contributed by atoms with E-state index in [2.05, 4.69) is 55.4 Å². The first kappa shape index (κ1) is 105. The Morgan fingerprint density at radius 2 is 0.449 bits per heavy atom. The Kier molecular flexibility index (Phi) is 75.3. The van der Waals surface area contributed by atoms with Crippen LogP contribution in [0.15, 0.2) is 0 Å². The van der Waals surface area contributed by atoms with Crippen LogP contribution < -0.4 is 0 Å². The number of aliphatic hydroxyl groups excluding tert-OH is 1. The van der Waals surface area contributed by atoms with E-state index in [4.69, 9.17) is 37.0 Å². The topological polar surface area (TPSA) is 237 Å². The molecule has 0 bridgehead atoms. The van der Waals surface area contributed by atoms with E-state index in [9.17, 15) is 43.2 Å². The van der Waals surface area contributed by atoms with Gasteiger partial charge >= 0.3 is 39.5 Å². The van der Waals surface area contributed by atoms with Crippen molar-refractivity contribution in [2.24, 2.45) is 23.7 Å². The molecule has 7 atom stereocenters. The minimum Gasteiger partial charge on any atom is -0.462 e. The zero-order chi connectivity index (χ0) is 78.8. The van der Waals surface area contributed by atoms with Crippen LogP contribution in [0.25, 0.3) is 0 Å². The van der Waals surface area contributed by atoms with Crippen molar-refractivity contribution in [2.45, 2.75) is 478 Å². The first-order chi connectivity index (χ1) is 51.7. The second-order valence-electron chi connectivity index (χ2n) is 33.1. The molecule has 0 aliphatic carbocycles. The smallest absolute Gasteiger partial charge is 0.462 e. The first-order valence-corrected chi connectivity index (χ1v) is 48.3. The van der Waals surface area contributed by atoms with Crippen molar-refractivity contribution in [3.8, 4) is 0 Å². The van der Waals surface area contributed by atoms with Crippen LogP contribution in [0.5, 0.6) is 0 Å². The zero-order valence-corrected chi connectivity index (χ0v) is 72.6. The van der Waals surface area contributed by atoms with Gasteiger partial charge in [0.1, 0.15) is 19.3 Å². The van der Waals surface area contributed by atoms with Crippen molar-refractivity contribution >= 4 is 39.5 Å². The van der Waals surface area contributed by atoms with Gasteiger partial charge in [-0.05, 0) is 49.4 Å². The Morgan fingerprint density at radius 3 is 0.664 bits per heavy atom. The average Bonchev–Trinajstić information content (AvgIpc) is 0.899. The average molecular weight is 1560 g/mol. The van der Waals surface area contributed by atoms with Crippen LogP contribution in [0, 0.1) is 23.7 Å². The molecule has 0 aliphatic heterocycles. The molecule has 17 nitrogen and oxygen atoms in total. The van der Waals surface area contributed by atoms with Crippen LogP contribution in [0.1, 0.15) is 460 Å². The van der Waals surface area contributed by atoms with Crippen molar-refractivity contribution in [3.05, 3.63) is 0 Å². The van der Waals surface area contributed by atoms with Crippen LogP contribution in [-0.4, -0.2) is 96.7 Å². The van der Waals surface area contributed by atoms with Crippen LogP contribution >= 0.6 is 15.6 Å². The number of esters is 4. The van der Waals surface area contributed by atoms with Gasteiger partial charge < -0.3 is 33.8 Å². The van der Waals surface area contributed by atoms with E-state index >= 15 is 0 Å². The van der Waals surface area contributed by atoms with E-state index in [0.717, 1.165) is 114 Å². The maximum Gasteiger partial charge on any atom is 0.472 e. The number of ether oxygens (including phenoxy) is 4. The van der Waals surface area contributed by atoms with E-state index in [1.807, 2.05) is 0 Å². The molecule has 0 fully saturated rings. The Labute approximate surface area is 658 Å². The molecular formula is C88H172O17P2. The molecule has 0 aromatic heterocycles. The molecule has 0 aromatic rings. The lowest BCUT2D eigenvalue weighted by Crippen LogP contribution is -2.30.